The summed E-state index contributed by atoms with van der Waals surface area (Å²) in [6.45, 7) is 7.15. The van der Waals surface area contributed by atoms with E-state index in [1.165, 1.54) is 12.1 Å². The molecular weight excluding hydrogens is 475 g/mol. The fraction of sp³-hybridized carbons (Fsp3) is 0.379. The number of hydrogen-bond acceptors (Lipinski definition) is 5. The van der Waals surface area contributed by atoms with Crippen LogP contribution in [-0.2, 0) is 22.6 Å². The summed E-state index contributed by atoms with van der Waals surface area (Å²) < 4.78 is 30.8. The minimum absolute atomic E-state index is 0.00521. The van der Waals surface area contributed by atoms with E-state index in [2.05, 4.69) is 5.32 Å². The van der Waals surface area contributed by atoms with E-state index in [1.54, 1.807) is 25.3 Å². The third kappa shape index (κ3) is 6.20. The summed E-state index contributed by atoms with van der Waals surface area (Å²) >= 11 is 0. The van der Waals surface area contributed by atoms with E-state index >= 15 is 0 Å². The summed E-state index contributed by atoms with van der Waals surface area (Å²) in [4.78, 5) is 27.4. The smallest absolute Gasteiger partial charge is 0.287 e. The van der Waals surface area contributed by atoms with Crippen LogP contribution in [0.5, 0.6) is 5.75 Å². The number of nitrogens with one attached hydrogen (secondary N) is 1. The largest absolute Gasteiger partial charge is 0.486 e. The fourth-order valence-electron chi connectivity index (χ4n) is 4.45. The van der Waals surface area contributed by atoms with Gasteiger partial charge in [0.2, 0.25) is 5.91 Å². The Hall–Kier alpha value is -3.65. The van der Waals surface area contributed by atoms with Crippen molar-refractivity contribution in [3.05, 3.63) is 88.6 Å². The van der Waals surface area contributed by atoms with Crippen molar-refractivity contribution in [3.63, 3.8) is 0 Å². The fourth-order valence-corrected chi connectivity index (χ4v) is 4.45. The molecule has 2 aromatic carbocycles. The number of methoxy groups -OCH3 is 1. The van der Waals surface area contributed by atoms with E-state index in [-0.39, 0.29) is 30.0 Å². The average molecular weight is 509 g/mol. The Morgan fingerprint density at radius 3 is 2.68 bits per heavy atom. The van der Waals surface area contributed by atoms with Crippen LogP contribution in [0.1, 0.15) is 59.8 Å². The first-order valence-corrected chi connectivity index (χ1v) is 12.4. The summed E-state index contributed by atoms with van der Waals surface area (Å²) in [7, 11) is 1.56. The standard InChI is InChI=1S/C29H33FN2O5/c1-29(2,3)28(34)32-14-12-19-8-9-22(17-24(19)26(32)20-6-5-7-21(30)16-20)36-18-23-10-11-25(37-23)27(33)31-13-15-35-4/h5-11,16-17,26H,12-15,18H2,1-4H3,(H,31,33)/t26-/m1/s1. The van der Waals surface area contributed by atoms with Gasteiger partial charge in [0.1, 0.15) is 23.9 Å². The van der Waals surface area contributed by atoms with Gasteiger partial charge in [0.25, 0.3) is 5.91 Å². The lowest BCUT2D eigenvalue weighted by atomic mass is 9.85. The highest BCUT2D eigenvalue weighted by molar-refractivity contribution is 5.91. The topological polar surface area (TPSA) is 81.0 Å². The van der Waals surface area contributed by atoms with Gasteiger partial charge in [0.05, 0.1) is 12.6 Å². The molecule has 2 heterocycles. The van der Waals surface area contributed by atoms with Gasteiger partial charge in [-0.2, -0.15) is 0 Å². The predicted molar refractivity (Wildman–Crippen MR) is 137 cm³/mol. The van der Waals surface area contributed by atoms with E-state index in [0.717, 1.165) is 11.1 Å². The third-order valence-electron chi connectivity index (χ3n) is 6.27. The van der Waals surface area contributed by atoms with Crippen molar-refractivity contribution >= 4 is 11.8 Å². The lowest BCUT2D eigenvalue weighted by Crippen LogP contribution is -2.45. The number of rotatable bonds is 8. The van der Waals surface area contributed by atoms with Gasteiger partial charge in [-0.3, -0.25) is 9.59 Å². The van der Waals surface area contributed by atoms with Crippen molar-refractivity contribution < 1.29 is 27.9 Å². The number of carbonyl (C=O) groups excluding carboxylic acids is 2. The number of fused-ring (bicyclic) bond motifs is 1. The van der Waals surface area contributed by atoms with Crippen molar-refractivity contribution in [3.8, 4) is 5.75 Å². The van der Waals surface area contributed by atoms with Crippen LogP contribution in [0.25, 0.3) is 0 Å². The minimum atomic E-state index is -0.579. The molecule has 1 atom stereocenters. The van der Waals surface area contributed by atoms with Gasteiger partial charge in [-0.1, -0.05) is 39.0 Å². The highest BCUT2D eigenvalue weighted by Gasteiger charge is 2.37. The molecule has 1 N–H and O–H groups in total. The number of nitrogens with zero attached hydrogens (tertiary/aromatic N) is 1. The normalized spacial score (nSPS) is 15.3. The zero-order chi connectivity index (χ0) is 26.6. The number of carbonyl (C=O) groups is 2. The van der Waals surface area contributed by atoms with Gasteiger partial charge in [-0.15, -0.1) is 0 Å². The van der Waals surface area contributed by atoms with Crippen LogP contribution < -0.4 is 10.1 Å². The first-order valence-electron chi connectivity index (χ1n) is 12.4. The maximum atomic E-state index is 14.2. The summed E-state index contributed by atoms with van der Waals surface area (Å²) in [5.74, 6) is 0.625. The lowest BCUT2D eigenvalue weighted by molar-refractivity contribution is -0.141. The van der Waals surface area contributed by atoms with Crippen molar-refractivity contribution in [1.82, 2.24) is 10.2 Å². The van der Waals surface area contributed by atoms with E-state index in [0.29, 0.717) is 43.2 Å². The van der Waals surface area contributed by atoms with Gasteiger partial charge in [-0.05, 0) is 59.5 Å². The van der Waals surface area contributed by atoms with E-state index < -0.39 is 11.5 Å². The van der Waals surface area contributed by atoms with Crippen LogP contribution in [-0.4, -0.2) is 43.5 Å². The second-order valence-corrected chi connectivity index (χ2v) is 10.1. The summed E-state index contributed by atoms with van der Waals surface area (Å²) in [5.41, 5.74) is 2.13. The number of halogens is 1. The first-order chi connectivity index (χ1) is 17.7. The van der Waals surface area contributed by atoms with Gasteiger partial charge < -0.3 is 24.1 Å². The molecule has 0 radical (unpaired) electrons. The maximum absolute atomic E-state index is 14.2. The van der Waals surface area contributed by atoms with Crippen molar-refractivity contribution in [2.24, 2.45) is 5.41 Å². The molecule has 37 heavy (non-hydrogen) atoms. The van der Waals surface area contributed by atoms with Gasteiger partial charge in [0.15, 0.2) is 5.76 Å². The molecule has 7 nitrogen and oxygen atoms in total. The lowest BCUT2D eigenvalue weighted by Gasteiger charge is -2.41. The Labute approximate surface area is 216 Å². The second kappa shape index (κ2) is 11.2. The average Bonchev–Trinajstić information content (AvgIpc) is 3.35. The number of ether oxygens (including phenoxy) is 2. The Morgan fingerprint density at radius 1 is 1.14 bits per heavy atom. The molecule has 196 valence electrons. The zero-order valence-electron chi connectivity index (χ0n) is 21.7. The highest BCUT2D eigenvalue weighted by atomic mass is 19.1. The molecule has 0 fully saturated rings. The Balaban J connectivity index is 1.56. The Morgan fingerprint density at radius 2 is 1.95 bits per heavy atom. The van der Waals surface area contributed by atoms with Crippen LogP contribution in [0.15, 0.2) is 59.0 Å². The third-order valence-corrected chi connectivity index (χ3v) is 6.27. The zero-order valence-corrected chi connectivity index (χ0v) is 21.7. The quantitative estimate of drug-likeness (QED) is 0.438. The summed E-state index contributed by atoms with van der Waals surface area (Å²) in [6.07, 6.45) is 0.697. The molecule has 2 amide bonds. The SMILES string of the molecule is COCCNC(=O)c1ccc(COc2ccc3c(c2)[C@@H](c2cccc(F)c2)N(C(=O)C(C)(C)C)CC3)o1. The number of benzene rings is 2. The molecule has 1 aliphatic rings. The molecule has 4 rings (SSSR count). The van der Waals surface area contributed by atoms with E-state index in [4.69, 9.17) is 13.9 Å². The molecular formula is C29H33FN2O5. The maximum Gasteiger partial charge on any atom is 0.287 e. The number of hydrogen-bond donors (Lipinski definition) is 1. The van der Waals surface area contributed by atoms with Crippen molar-refractivity contribution in [2.45, 2.75) is 39.8 Å². The molecule has 0 saturated carbocycles. The molecule has 0 unspecified atom stereocenters. The molecule has 8 heteroatoms. The van der Waals surface area contributed by atoms with Gasteiger partial charge in [-0.25, -0.2) is 4.39 Å². The molecule has 1 aromatic heterocycles. The van der Waals surface area contributed by atoms with Crippen LogP contribution in [0.4, 0.5) is 4.39 Å². The molecule has 0 aliphatic carbocycles. The molecule has 0 spiro atoms. The van der Waals surface area contributed by atoms with E-state index in [1.807, 2.05) is 49.9 Å². The molecule has 3 aromatic rings. The molecule has 1 aliphatic heterocycles. The van der Waals surface area contributed by atoms with Crippen molar-refractivity contribution in [1.29, 1.82) is 0 Å². The second-order valence-electron chi connectivity index (χ2n) is 10.1. The summed E-state index contributed by atoms with van der Waals surface area (Å²) in [6, 6.07) is 15.1. The van der Waals surface area contributed by atoms with Gasteiger partial charge in [0, 0.05) is 25.6 Å². The van der Waals surface area contributed by atoms with Crippen LogP contribution in [0, 0.1) is 11.2 Å². The predicted octanol–water partition coefficient (Wildman–Crippen LogP) is 4.89. The van der Waals surface area contributed by atoms with Crippen LogP contribution >= 0.6 is 0 Å². The highest BCUT2D eigenvalue weighted by Crippen LogP contribution is 2.39. The van der Waals surface area contributed by atoms with Crippen molar-refractivity contribution in [2.75, 3.05) is 26.8 Å². The number of amides is 2. The Kier molecular flexibility index (Phi) is 7.97. The summed E-state index contributed by atoms with van der Waals surface area (Å²) in [5, 5.41) is 2.71. The van der Waals surface area contributed by atoms with Gasteiger partial charge >= 0.3 is 0 Å². The minimum Gasteiger partial charge on any atom is -0.486 e. The first kappa shape index (κ1) is 26.4. The molecule has 0 bridgehead atoms. The van der Waals surface area contributed by atoms with E-state index in [9.17, 15) is 14.0 Å². The van der Waals surface area contributed by atoms with Crippen LogP contribution in [0.2, 0.25) is 0 Å². The Bertz CT molecular complexity index is 1260. The van der Waals surface area contributed by atoms with Crippen LogP contribution in [0.3, 0.4) is 0 Å². The number of furan rings is 1. The molecule has 0 saturated heterocycles. The monoisotopic (exact) mass is 508 g/mol.